The number of guanidine groups is 1. The number of sulfone groups is 1. The number of amides is 1. The van der Waals surface area contributed by atoms with E-state index in [1.165, 1.54) is 0 Å². The Balaban J connectivity index is 1.74. The number of nitrogens with zero attached hydrogens (tertiary/aromatic N) is 2. The van der Waals surface area contributed by atoms with Crippen LogP contribution >= 0.6 is 0 Å². The minimum atomic E-state index is -3.34. The molecule has 2 N–H and O–H groups in total. The van der Waals surface area contributed by atoms with Crippen LogP contribution in [-0.2, 0) is 14.6 Å². The van der Waals surface area contributed by atoms with E-state index < -0.39 is 15.4 Å². The molecule has 150 valence electrons. The van der Waals surface area contributed by atoms with Gasteiger partial charge in [-0.2, -0.15) is 0 Å². The monoisotopic (exact) mass is 396 g/mol. The molecule has 9 heteroatoms. The van der Waals surface area contributed by atoms with E-state index in [4.69, 9.17) is 4.74 Å². The number of benzene rings is 1. The summed E-state index contributed by atoms with van der Waals surface area (Å²) < 4.78 is 29.8. The molecule has 1 saturated heterocycles. The molecular weight excluding hydrogens is 368 g/mol. The Labute approximate surface area is 160 Å². The first-order valence-corrected chi connectivity index (χ1v) is 10.5. The summed E-state index contributed by atoms with van der Waals surface area (Å²) in [5, 5.41) is 6.17. The summed E-state index contributed by atoms with van der Waals surface area (Å²) in [5.74, 6) is 0.471. The minimum Gasteiger partial charge on any atom is -0.444 e. The van der Waals surface area contributed by atoms with Crippen LogP contribution in [-0.4, -0.2) is 69.4 Å². The summed E-state index contributed by atoms with van der Waals surface area (Å²) in [6, 6.07) is 8.41. The van der Waals surface area contributed by atoms with Gasteiger partial charge in [0.15, 0.2) is 15.8 Å². The molecule has 1 heterocycles. The lowest BCUT2D eigenvalue weighted by molar-refractivity contribution is 0.00701. The van der Waals surface area contributed by atoms with Gasteiger partial charge in [-0.3, -0.25) is 4.99 Å². The highest BCUT2D eigenvalue weighted by atomic mass is 32.2. The number of hydrogen-bond donors (Lipinski definition) is 2. The molecular formula is C18H28N4O4S. The largest absolute Gasteiger partial charge is 0.444 e. The molecule has 0 atom stereocenters. The predicted molar refractivity (Wildman–Crippen MR) is 105 cm³/mol. The van der Waals surface area contributed by atoms with E-state index in [0.717, 1.165) is 0 Å². The van der Waals surface area contributed by atoms with Crippen molar-refractivity contribution >= 4 is 21.9 Å². The summed E-state index contributed by atoms with van der Waals surface area (Å²) in [7, 11) is -1.72. The topological polar surface area (TPSA) is 100 Å². The molecule has 0 radical (unpaired) electrons. The lowest BCUT2D eigenvalue weighted by Gasteiger charge is -2.40. The standard InChI is InChI=1S/C18H28N4O4S/c1-18(2,3)26-17(23)22-12-14(13-22)21-16(19-4)20-10-11-27(24,25)15-8-6-5-7-9-15/h5-9,14H,10-13H2,1-4H3,(H2,19,20,21). The molecule has 0 saturated carbocycles. The van der Waals surface area contributed by atoms with E-state index in [9.17, 15) is 13.2 Å². The smallest absolute Gasteiger partial charge is 0.410 e. The number of rotatable bonds is 5. The molecule has 1 aromatic rings. The van der Waals surface area contributed by atoms with Crippen LogP contribution in [0.15, 0.2) is 40.2 Å². The Bertz CT molecular complexity index is 766. The Morgan fingerprint density at radius 2 is 1.89 bits per heavy atom. The quantitative estimate of drug-likeness (QED) is 0.574. The number of carbonyl (C=O) groups excluding carboxylic acids is 1. The first kappa shape index (κ1) is 21.0. The van der Waals surface area contributed by atoms with Gasteiger partial charge in [-0.15, -0.1) is 0 Å². The third-order valence-corrected chi connectivity index (χ3v) is 5.60. The van der Waals surface area contributed by atoms with E-state index in [1.54, 1.807) is 42.3 Å². The van der Waals surface area contributed by atoms with E-state index >= 15 is 0 Å². The third-order valence-electron chi connectivity index (χ3n) is 3.86. The minimum absolute atomic E-state index is 0.0353. The molecule has 0 bridgehead atoms. The van der Waals surface area contributed by atoms with Crippen molar-refractivity contribution in [3.63, 3.8) is 0 Å². The first-order chi connectivity index (χ1) is 12.6. The molecule has 27 heavy (non-hydrogen) atoms. The fraction of sp³-hybridized carbons (Fsp3) is 0.556. The number of ether oxygens (including phenoxy) is 1. The van der Waals surface area contributed by atoms with Crippen LogP contribution in [0.2, 0.25) is 0 Å². The van der Waals surface area contributed by atoms with Crippen LogP contribution in [0.4, 0.5) is 4.79 Å². The fourth-order valence-corrected chi connectivity index (χ4v) is 3.66. The van der Waals surface area contributed by atoms with Crippen LogP contribution in [0.1, 0.15) is 20.8 Å². The molecule has 0 unspecified atom stereocenters. The van der Waals surface area contributed by atoms with Gasteiger partial charge in [0, 0.05) is 26.7 Å². The zero-order valence-electron chi connectivity index (χ0n) is 16.2. The highest BCUT2D eigenvalue weighted by Gasteiger charge is 2.34. The average molecular weight is 397 g/mol. The summed E-state index contributed by atoms with van der Waals surface area (Å²) in [6.07, 6.45) is -0.336. The zero-order valence-corrected chi connectivity index (χ0v) is 17.0. The van der Waals surface area contributed by atoms with Crippen molar-refractivity contribution in [2.45, 2.75) is 37.3 Å². The van der Waals surface area contributed by atoms with Crippen molar-refractivity contribution in [2.75, 3.05) is 32.4 Å². The molecule has 1 aliphatic heterocycles. The van der Waals surface area contributed by atoms with Crippen LogP contribution in [0.5, 0.6) is 0 Å². The Morgan fingerprint density at radius 3 is 2.44 bits per heavy atom. The van der Waals surface area contributed by atoms with E-state index in [1.807, 2.05) is 20.8 Å². The summed E-state index contributed by atoms with van der Waals surface area (Å²) in [6.45, 7) is 6.75. The SMILES string of the molecule is CN=C(NCCS(=O)(=O)c1ccccc1)NC1CN(C(=O)OC(C)(C)C)C1. The number of aliphatic imine (C=N–C) groups is 1. The number of likely N-dealkylation sites (tertiary alicyclic amines) is 1. The van der Waals surface area contributed by atoms with Gasteiger partial charge in [0.25, 0.3) is 0 Å². The molecule has 1 aromatic carbocycles. The van der Waals surface area contributed by atoms with Gasteiger partial charge < -0.3 is 20.3 Å². The number of carbonyl (C=O) groups is 1. The van der Waals surface area contributed by atoms with Crippen molar-refractivity contribution in [3.8, 4) is 0 Å². The van der Waals surface area contributed by atoms with E-state index in [-0.39, 0.29) is 24.4 Å². The molecule has 0 aliphatic carbocycles. The van der Waals surface area contributed by atoms with Crippen molar-refractivity contribution < 1.29 is 17.9 Å². The molecule has 0 aromatic heterocycles. The number of hydrogen-bond acceptors (Lipinski definition) is 5. The van der Waals surface area contributed by atoms with Crippen molar-refractivity contribution in [3.05, 3.63) is 30.3 Å². The summed E-state index contributed by atoms with van der Waals surface area (Å²) in [5.41, 5.74) is -0.516. The maximum Gasteiger partial charge on any atom is 0.410 e. The maximum absolute atomic E-state index is 12.3. The summed E-state index contributed by atoms with van der Waals surface area (Å²) >= 11 is 0. The van der Waals surface area contributed by atoms with Crippen molar-refractivity contribution in [1.82, 2.24) is 15.5 Å². The van der Waals surface area contributed by atoms with Gasteiger partial charge in [-0.25, -0.2) is 13.2 Å². The van der Waals surface area contributed by atoms with Gasteiger partial charge in [-0.05, 0) is 32.9 Å². The van der Waals surface area contributed by atoms with Crippen LogP contribution in [0, 0.1) is 0 Å². The number of nitrogens with one attached hydrogen (secondary N) is 2. The second-order valence-electron chi connectivity index (χ2n) is 7.36. The second kappa shape index (κ2) is 8.60. The molecule has 1 fully saturated rings. The van der Waals surface area contributed by atoms with Crippen LogP contribution < -0.4 is 10.6 Å². The van der Waals surface area contributed by atoms with Crippen LogP contribution in [0.25, 0.3) is 0 Å². The van der Waals surface area contributed by atoms with Crippen molar-refractivity contribution in [1.29, 1.82) is 0 Å². The molecule has 1 amide bonds. The maximum atomic E-state index is 12.3. The normalized spacial score (nSPS) is 15.9. The highest BCUT2D eigenvalue weighted by Crippen LogP contribution is 2.15. The third kappa shape index (κ3) is 6.42. The Hall–Kier alpha value is -2.29. The van der Waals surface area contributed by atoms with Gasteiger partial charge in [0.05, 0.1) is 16.7 Å². The molecule has 1 aliphatic rings. The van der Waals surface area contributed by atoms with Crippen molar-refractivity contribution in [2.24, 2.45) is 4.99 Å². The van der Waals surface area contributed by atoms with Gasteiger partial charge >= 0.3 is 6.09 Å². The first-order valence-electron chi connectivity index (χ1n) is 8.83. The predicted octanol–water partition coefficient (Wildman–Crippen LogP) is 1.24. The molecule has 0 spiro atoms. The Morgan fingerprint density at radius 1 is 1.26 bits per heavy atom. The second-order valence-corrected chi connectivity index (χ2v) is 9.47. The fourth-order valence-electron chi connectivity index (χ4n) is 2.48. The van der Waals surface area contributed by atoms with Crippen LogP contribution in [0.3, 0.4) is 0 Å². The zero-order chi connectivity index (χ0) is 20.1. The van der Waals surface area contributed by atoms with Gasteiger partial charge in [0.2, 0.25) is 0 Å². The Kier molecular flexibility index (Phi) is 6.69. The van der Waals surface area contributed by atoms with Gasteiger partial charge in [0.1, 0.15) is 5.60 Å². The van der Waals surface area contributed by atoms with Gasteiger partial charge in [-0.1, -0.05) is 18.2 Å². The lowest BCUT2D eigenvalue weighted by atomic mass is 10.1. The highest BCUT2D eigenvalue weighted by molar-refractivity contribution is 7.91. The molecule has 8 nitrogen and oxygen atoms in total. The summed E-state index contributed by atoms with van der Waals surface area (Å²) in [4.78, 5) is 17.9. The molecule has 2 rings (SSSR count). The lowest BCUT2D eigenvalue weighted by Crippen LogP contribution is -2.63. The van der Waals surface area contributed by atoms with E-state index in [2.05, 4.69) is 15.6 Å². The van der Waals surface area contributed by atoms with E-state index in [0.29, 0.717) is 23.9 Å². The average Bonchev–Trinajstić information content (AvgIpc) is 2.55.